The van der Waals surface area contributed by atoms with E-state index in [1.54, 1.807) is 0 Å². The summed E-state index contributed by atoms with van der Waals surface area (Å²) in [5.41, 5.74) is 1.52. The van der Waals surface area contributed by atoms with E-state index in [-0.39, 0.29) is 0 Å². The van der Waals surface area contributed by atoms with Crippen molar-refractivity contribution >= 4 is 5.71 Å². The van der Waals surface area contributed by atoms with E-state index in [9.17, 15) is 0 Å². The molecular formula is C14H17N. The summed E-state index contributed by atoms with van der Waals surface area (Å²) >= 11 is 0. The number of aliphatic imine (C=N–C) groups is 1. The van der Waals surface area contributed by atoms with Crippen molar-refractivity contribution in [2.24, 2.45) is 22.2 Å². The van der Waals surface area contributed by atoms with Gasteiger partial charge in [0.25, 0.3) is 0 Å². The first-order valence-corrected chi connectivity index (χ1v) is 5.82. The van der Waals surface area contributed by atoms with Gasteiger partial charge in [-0.25, -0.2) is 0 Å². The van der Waals surface area contributed by atoms with Gasteiger partial charge in [-0.3, -0.25) is 4.99 Å². The van der Waals surface area contributed by atoms with Crippen LogP contribution in [0.5, 0.6) is 0 Å². The van der Waals surface area contributed by atoms with Crippen LogP contribution in [-0.2, 0) is 0 Å². The minimum Gasteiger partial charge on any atom is -0.281 e. The van der Waals surface area contributed by atoms with Gasteiger partial charge in [-0.15, -0.1) is 0 Å². The van der Waals surface area contributed by atoms with E-state index < -0.39 is 0 Å². The predicted molar refractivity (Wildman–Crippen MR) is 64.0 cm³/mol. The second-order valence-corrected chi connectivity index (χ2v) is 5.07. The molecule has 4 atom stereocenters. The second kappa shape index (κ2) is 2.94. The third-order valence-corrected chi connectivity index (χ3v) is 4.33. The van der Waals surface area contributed by atoms with Crippen molar-refractivity contribution in [2.75, 3.05) is 0 Å². The molecule has 3 rings (SSSR count). The lowest BCUT2D eigenvalue weighted by molar-refractivity contribution is 0.153. The number of hydrogen-bond acceptors (Lipinski definition) is 1. The van der Waals surface area contributed by atoms with Crippen LogP contribution in [0.3, 0.4) is 0 Å². The molecule has 15 heavy (non-hydrogen) atoms. The molecule has 0 saturated carbocycles. The molecule has 0 N–H and O–H groups in total. The van der Waals surface area contributed by atoms with Gasteiger partial charge in [0.15, 0.2) is 0 Å². The first-order valence-electron chi connectivity index (χ1n) is 5.82. The Balaban J connectivity index is 2.08. The van der Waals surface area contributed by atoms with E-state index >= 15 is 0 Å². The molecule has 2 aliphatic carbocycles. The van der Waals surface area contributed by atoms with Gasteiger partial charge in [0.2, 0.25) is 0 Å². The molecule has 0 saturated heterocycles. The third-order valence-electron chi connectivity index (χ3n) is 4.33. The first kappa shape index (κ1) is 9.14. The smallest absolute Gasteiger partial charge is 0.0774 e. The SMILES string of the molecule is C=CC1=NC2C=CC2(C)C2CCC=CC12. The molecule has 0 fully saturated rings. The topological polar surface area (TPSA) is 12.4 Å². The Hall–Kier alpha value is -1.11. The van der Waals surface area contributed by atoms with Crippen LogP contribution in [0, 0.1) is 17.3 Å². The van der Waals surface area contributed by atoms with E-state index in [0.29, 0.717) is 17.4 Å². The molecule has 0 aromatic rings. The Labute approximate surface area is 91.3 Å². The van der Waals surface area contributed by atoms with Gasteiger partial charge in [-0.05, 0) is 24.8 Å². The van der Waals surface area contributed by atoms with Crippen molar-refractivity contribution in [1.29, 1.82) is 0 Å². The Morgan fingerprint density at radius 2 is 2.40 bits per heavy atom. The Kier molecular flexibility index (Phi) is 1.79. The summed E-state index contributed by atoms with van der Waals surface area (Å²) in [4.78, 5) is 4.79. The fourth-order valence-electron chi connectivity index (χ4n) is 3.28. The lowest BCUT2D eigenvalue weighted by Crippen LogP contribution is -2.50. The summed E-state index contributed by atoms with van der Waals surface area (Å²) in [6, 6.07) is 0.415. The van der Waals surface area contributed by atoms with Crippen LogP contribution in [-0.4, -0.2) is 11.8 Å². The number of rotatable bonds is 1. The average molecular weight is 199 g/mol. The summed E-state index contributed by atoms with van der Waals surface area (Å²) in [6.07, 6.45) is 13.7. The van der Waals surface area contributed by atoms with Crippen molar-refractivity contribution < 1.29 is 0 Å². The third kappa shape index (κ3) is 1.06. The van der Waals surface area contributed by atoms with Crippen molar-refractivity contribution in [2.45, 2.75) is 25.8 Å². The van der Waals surface area contributed by atoms with Crippen molar-refractivity contribution in [3.8, 4) is 0 Å². The van der Waals surface area contributed by atoms with Gasteiger partial charge in [0.05, 0.1) is 6.04 Å². The van der Waals surface area contributed by atoms with Crippen LogP contribution in [0.4, 0.5) is 0 Å². The molecular weight excluding hydrogens is 182 g/mol. The van der Waals surface area contributed by atoms with Gasteiger partial charge in [-0.2, -0.15) is 0 Å². The van der Waals surface area contributed by atoms with Gasteiger partial charge in [-0.1, -0.05) is 37.8 Å². The molecule has 1 heterocycles. The van der Waals surface area contributed by atoms with E-state index in [0.717, 1.165) is 5.92 Å². The van der Waals surface area contributed by atoms with E-state index in [1.807, 2.05) is 6.08 Å². The van der Waals surface area contributed by atoms with Gasteiger partial charge >= 0.3 is 0 Å². The van der Waals surface area contributed by atoms with Crippen molar-refractivity contribution in [3.05, 3.63) is 37.0 Å². The maximum Gasteiger partial charge on any atom is 0.0774 e. The van der Waals surface area contributed by atoms with Crippen LogP contribution in [0.25, 0.3) is 0 Å². The minimum atomic E-state index is 0.321. The highest BCUT2D eigenvalue weighted by molar-refractivity contribution is 5.99. The number of allylic oxidation sites excluding steroid dienone is 3. The quantitative estimate of drug-likeness (QED) is 0.575. The second-order valence-electron chi connectivity index (χ2n) is 5.07. The number of nitrogens with zero attached hydrogens (tertiary/aromatic N) is 1. The molecule has 0 radical (unpaired) electrons. The lowest BCUT2D eigenvalue weighted by atomic mass is 9.56. The average Bonchev–Trinajstić information content (AvgIpc) is 2.27. The molecule has 1 aliphatic heterocycles. The van der Waals surface area contributed by atoms with Crippen LogP contribution < -0.4 is 0 Å². The molecule has 1 heteroatoms. The summed E-state index contributed by atoms with van der Waals surface area (Å²) in [6.45, 7) is 6.25. The molecule has 4 unspecified atom stereocenters. The number of fused-ring (bicyclic) bond motifs is 3. The van der Waals surface area contributed by atoms with E-state index in [2.05, 4.69) is 37.8 Å². The monoisotopic (exact) mass is 199 g/mol. The van der Waals surface area contributed by atoms with E-state index in [4.69, 9.17) is 4.99 Å². The summed E-state index contributed by atoms with van der Waals surface area (Å²) in [5, 5.41) is 0. The lowest BCUT2D eigenvalue weighted by Gasteiger charge is -2.51. The molecule has 0 aromatic carbocycles. The highest BCUT2D eigenvalue weighted by atomic mass is 14.9. The number of hydrogen-bond donors (Lipinski definition) is 0. The van der Waals surface area contributed by atoms with E-state index in [1.165, 1.54) is 18.6 Å². The predicted octanol–water partition coefficient (Wildman–Crippen LogP) is 3.15. The standard InChI is InChI=1S/C14H17N/c1-3-12-10-6-4-5-7-11(10)14(2)9-8-13(14)15-12/h3-4,6,8-11,13H,1,5,7H2,2H3. The van der Waals surface area contributed by atoms with Crippen LogP contribution in [0.1, 0.15) is 19.8 Å². The minimum absolute atomic E-state index is 0.321. The molecule has 0 spiro atoms. The Morgan fingerprint density at radius 3 is 3.07 bits per heavy atom. The maximum atomic E-state index is 4.79. The molecule has 0 aromatic heterocycles. The zero-order valence-electron chi connectivity index (χ0n) is 9.19. The summed E-state index contributed by atoms with van der Waals surface area (Å²) < 4.78 is 0. The highest BCUT2D eigenvalue weighted by Gasteiger charge is 2.50. The van der Waals surface area contributed by atoms with Crippen molar-refractivity contribution in [3.63, 3.8) is 0 Å². The summed E-state index contributed by atoms with van der Waals surface area (Å²) in [7, 11) is 0. The van der Waals surface area contributed by atoms with Crippen LogP contribution in [0.15, 0.2) is 42.0 Å². The Bertz CT molecular complexity index is 388. The molecule has 0 bridgehead atoms. The molecule has 78 valence electrons. The summed E-state index contributed by atoms with van der Waals surface area (Å²) in [5.74, 6) is 1.26. The zero-order valence-corrected chi connectivity index (χ0v) is 9.19. The fourth-order valence-corrected chi connectivity index (χ4v) is 3.28. The molecule has 0 amide bonds. The zero-order chi connectivity index (χ0) is 10.5. The van der Waals surface area contributed by atoms with Crippen LogP contribution in [0.2, 0.25) is 0 Å². The Morgan fingerprint density at radius 1 is 1.53 bits per heavy atom. The van der Waals surface area contributed by atoms with Crippen LogP contribution >= 0.6 is 0 Å². The fraction of sp³-hybridized carbons (Fsp3) is 0.500. The molecule has 1 nitrogen and oxygen atoms in total. The van der Waals surface area contributed by atoms with Crippen molar-refractivity contribution in [1.82, 2.24) is 0 Å². The largest absolute Gasteiger partial charge is 0.281 e. The molecule has 3 aliphatic rings. The van der Waals surface area contributed by atoms with Gasteiger partial charge < -0.3 is 0 Å². The first-order chi connectivity index (χ1) is 7.25. The van der Waals surface area contributed by atoms with Gasteiger partial charge in [0, 0.05) is 17.0 Å². The van der Waals surface area contributed by atoms with Gasteiger partial charge in [0.1, 0.15) is 0 Å². The highest BCUT2D eigenvalue weighted by Crippen LogP contribution is 2.52. The normalized spacial score (nSPS) is 46.2. The maximum absolute atomic E-state index is 4.79.